The Bertz CT molecular complexity index is 812. The van der Waals surface area contributed by atoms with Gasteiger partial charge in [-0.3, -0.25) is 4.79 Å². The van der Waals surface area contributed by atoms with Gasteiger partial charge < -0.3 is 4.42 Å². The van der Waals surface area contributed by atoms with Crippen molar-refractivity contribution in [3.8, 4) is 17.2 Å². The molecule has 0 spiro atoms. The fourth-order valence-corrected chi connectivity index (χ4v) is 2.08. The maximum atomic E-state index is 11.7. The molecule has 4 heteroatoms. The molecule has 1 heterocycles. The molecular formula is C15H8N2O2. The number of carbonyl (C=O) groups excluding carboxylic acids is 1. The summed E-state index contributed by atoms with van der Waals surface area (Å²) in [6.07, 6.45) is 1.36. The number of ketones is 1. The molecule has 0 N–H and O–H groups in total. The van der Waals surface area contributed by atoms with Crippen molar-refractivity contribution in [1.82, 2.24) is 4.98 Å². The summed E-state index contributed by atoms with van der Waals surface area (Å²) in [6.45, 7) is 0. The molecule has 0 amide bonds. The van der Waals surface area contributed by atoms with Crippen molar-refractivity contribution in [2.45, 2.75) is 0 Å². The lowest BCUT2D eigenvalue weighted by atomic mass is 9.96. The highest BCUT2D eigenvalue weighted by Gasteiger charge is 2.14. The van der Waals surface area contributed by atoms with Crippen LogP contribution in [0.25, 0.3) is 22.2 Å². The van der Waals surface area contributed by atoms with Crippen molar-refractivity contribution >= 4 is 16.9 Å². The average Bonchev–Trinajstić information content (AvgIpc) is 2.94. The van der Waals surface area contributed by atoms with E-state index < -0.39 is 5.78 Å². The molecule has 90 valence electrons. The third kappa shape index (κ3) is 1.78. The molecule has 0 atom stereocenters. The normalized spacial score (nSPS) is 10.3. The van der Waals surface area contributed by atoms with Crippen molar-refractivity contribution in [3.63, 3.8) is 0 Å². The number of hydrogen-bond donors (Lipinski definition) is 0. The van der Waals surface area contributed by atoms with Crippen LogP contribution in [0.5, 0.6) is 0 Å². The first-order chi connectivity index (χ1) is 9.31. The lowest BCUT2D eigenvalue weighted by Crippen LogP contribution is -1.98. The molecule has 0 radical (unpaired) electrons. The first-order valence-electron chi connectivity index (χ1n) is 5.67. The molecule has 0 saturated carbocycles. The Labute approximate surface area is 108 Å². The summed E-state index contributed by atoms with van der Waals surface area (Å²) < 4.78 is 5.25. The van der Waals surface area contributed by atoms with Crippen LogP contribution in [-0.4, -0.2) is 10.8 Å². The van der Waals surface area contributed by atoms with E-state index >= 15 is 0 Å². The van der Waals surface area contributed by atoms with E-state index in [0.717, 1.165) is 5.56 Å². The molecule has 0 bridgehead atoms. The summed E-state index contributed by atoms with van der Waals surface area (Å²) in [5, 5.41) is 8.80. The first-order valence-corrected chi connectivity index (χ1v) is 5.67. The van der Waals surface area contributed by atoms with Crippen LogP contribution < -0.4 is 0 Å². The van der Waals surface area contributed by atoms with Gasteiger partial charge in [-0.25, -0.2) is 4.98 Å². The molecule has 4 nitrogen and oxygen atoms in total. The number of aromatic nitrogens is 1. The van der Waals surface area contributed by atoms with E-state index in [2.05, 4.69) is 4.98 Å². The van der Waals surface area contributed by atoms with Crippen LogP contribution in [0.2, 0.25) is 0 Å². The number of Topliss-reactive ketones (excluding diaryl/α,β-unsaturated/α-hetero) is 1. The molecule has 1 aromatic heterocycles. The number of nitriles is 1. The van der Waals surface area contributed by atoms with Crippen LogP contribution >= 0.6 is 0 Å². The van der Waals surface area contributed by atoms with Crippen LogP contribution in [0.15, 0.2) is 53.3 Å². The second-order valence-electron chi connectivity index (χ2n) is 3.99. The molecule has 2 aromatic carbocycles. The maximum absolute atomic E-state index is 11.7. The molecule has 0 aliphatic rings. The molecule has 3 aromatic rings. The van der Waals surface area contributed by atoms with E-state index in [1.54, 1.807) is 30.3 Å². The summed E-state index contributed by atoms with van der Waals surface area (Å²) in [4.78, 5) is 15.8. The molecule has 19 heavy (non-hydrogen) atoms. The Hall–Kier alpha value is -2.93. The van der Waals surface area contributed by atoms with Gasteiger partial charge in [0.25, 0.3) is 5.78 Å². The zero-order valence-corrected chi connectivity index (χ0v) is 9.83. The van der Waals surface area contributed by atoms with Crippen molar-refractivity contribution in [2.24, 2.45) is 0 Å². The van der Waals surface area contributed by atoms with Crippen LogP contribution in [0.4, 0.5) is 0 Å². The standard InChI is InChI=1S/C15H8N2O2/c16-8-13(18)11-5-2-1-4-10(11)12-6-3-7-14-15(12)17-9-19-14/h1-7,9H. The summed E-state index contributed by atoms with van der Waals surface area (Å²) in [7, 11) is 0. The number of oxazole rings is 1. The quantitative estimate of drug-likeness (QED) is 0.516. The predicted molar refractivity (Wildman–Crippen MR) is 69.4 cm³/mol. The number of rotatable bonds is 2. The van der Waals surface area contributed by atoms with Crippen LogP contribution in [-0.2, 0) is 0 Å². The third-order valence-corrected chi connectivity index (χ3v) is 2.92. The Morgan fingerprint density at radius 3 is 2.74 bits per heavy atom. The fraction of sp³-hybridized carbons (Fsp3) is 0. The van der Waals surface area contributed by atoms with Gasteiger partial charge in [-0.2, -0.15) is 5.26 Å². The molecular weight excluding hydrogens is 240 g/mol. The molecule has 0 fully saturated rings. The number of benzene rings is 2. The SMILES string of the molecule is N#CC(=O)c1ccccc1-c1cccc2ocnc12. The van der Waals surface area contributed by atoms with Gasteiger partial charge in [0.1, 0.15) is 11.6 Å². The van der Waals surface area contributed by atoms with Crippen LogP contribution in [0.1, 0.15) is 10.4 Å². The number of nitrogens with zero attached hydrogens (tertiary/aromatic N) is 2. The lowest BCUT2D eigenvalue weighted by Gasteiger charge is -2.06. The van der Waals surface area contributed by atoms with Crippen molar-refractivity contribution in [2.75, 3.05) is 0 Å². The van der Waals surface area contributed by atoms with Crippen LogP contribution in [0.3, 0.4) is 0 Å². The summed E-state index contributed by atoms with van der Waals surface area (Å²) in [6, 6.07) is 14.1. The zero-order chi connectivity index (χ0) is 13.2. The first kappa shape index (κ1) is 11.2. The smallest absolute Gasteiger partial charge is 0.262 e. The molecule has 0 unspecified atom stereocenters. The van der Waals surface area contributed by atoms with Gasteiger partial charge in [-0.1, -0.05) is 30.3 Å². The average molecular weight is 248 g/mol. The van der Waals surface area contributed by atoms with Gasteiger partial charge in [0, 0.05) is 11.1 Å². The van der Waals surface area contributed by atoms with E-state index in [1.807, 2.05) is 18.2 Å². The van der Waals surface area contributed by atoms with E-state index in [-0.39, 0.29) is 0 Å². The van der Waals surface area contributed by atoms with Gasteiger partial charge in [-0.15, -0.1) is 0 Å². The highest BCUT2D eigenvalue weighted by molar-refractivity contribution is 6.13. The zero-order valence-electron chi connectivity index (χ0n) is 9.83. The number of para-hydroxylation sites is 1. The minimum atomic E-state index is -0.559. The van der Waals surface area contributed by atoms with E-state index in [4.69, 9.17) is 9.68 Å². The summed E-state index contributed by atoms with van der Waals surface area (Å²) in [5.41, 5.74) is 3.18. The minimum absolute atomic E-state index is 0.375. The number of carbonyl (C=O) groups is 1. The molecule has 0 saturated heterocycles. The van der Waals surface area contributed by atoms with Gasteiger partial charge >= 0.3 is 0 Å². The monoisotopic (exact) mass is 248 g/mol. The number of fused-ring (bicyclic) bond motifs is 1. The predicted octanol–water partition coefficient (Wildman–Crippen LogP) is 3.20. The minimum Gasteiger partial charge on any atom is -0.443 e. The molecule has 3 rings (SSSR count). The maximum Gasteiger partial charge on any atom is 0.262 e. The highest BCUT2D eigenvalue weighted by Crippen LogP contribution is 2.30. The topological polar surface area (TPSA) is 66.9 Å². The Morgan fingerprint density at radius 1 is 1.11 bits per heavy atom. The summed E-state index contributed by atoms with van der Waals surface area (Å²) in [5.74, 6) is -0.559. The summed E-state index contributed by atoms with van der Waals surface area (Å²) >= 11 is 0. The van der Waals surface area contributed by atoms with Crippen molar-refractivity contribution in [1.29, 1.82) is 5.26 Å². The Kier molecular flexibility index (Phi) is 2.58. The molecule has 0 aliphatic carbocycles. The van der Waals surface area contributed by atoms with Crippen molar-refractivity contribution < 1.29 is 9.21 Å². The van der Waals surface area contributed by atoms with E-state index in [0.29, 0.717) is 22.2 Å². The highest BCUT2D eigenvalue weighted by atomic mass is 16.3. The largest absolute Gasteiger partial charge is 0.443 e. The third-order valence-electron chi connectivity index (χ3n) is 2.92. The number of hydrogen-bond acceptors (Lipinski definition) is 4. The van der Waals surface area contributed by atoms with Gasteiger partial charge in [-0.05, 0) is 17.7 Å². The van der Waals surface area contributed by atoms with E-state index in [9.17, 15) is 4.79 Å². The van der Waals surface area contributed by atoms with E-state index in [1.165, 1.54) is 6.39 Å². The lowest BCUT2D eigenvalue weighted by molar-refractivity contribution is 0.105. The van der Waals surface area contributed by atoms with Crippen molar-refractivity contribution in [3.05, 3.63) is 54.4 Å². The van der Waals surface area contributed by atoms with Gasteiger partial charge in [0.2, 0.25) is 0 Å². The Balaban J connectivity index is 2.31. The second kappa shape index (κ2) is 4.39. The fourth-order valence-electron chi connectivity index (χ4n) is 2.08. The van der Waals surface area contributed by atoms with Gasteiger partial charge in [0.05, 0.1) is 0 Å². The van der Waals surface area contributed by atoms with Gasteiger partial charge in [0.15, 0.2) is 12.0 Å². The second-order valence-corrected chi connectivity index (χ2v) is 3.99. The van der Waals surface area contributed by atoms with Crippen LogP contribution in [0, 0.1) is 11.3 Å². The molecule has 0 aliphatic heterocycles. The Morgan fingerprint density at radius 2 is 1.89 bits per heavy atom.